The molecule has 0 bridgehead atoms. The Morgan fingerprint density at radius 2 is 1.71 bits per heavy atom. The summed E-state index contributed by atoms with van der Waals surface area (Å²) in [7, 11) is 0. The molecule has 1 aromatic carbocycles. The van der Waals surface area contributed by atoms with Crippen LogP contribution in [0.15, 0.2) is 48.7 Å². The summed E-state index contributed by atoms with van der Waals surface area (Å²) in [4.78, 5) is 36.9. The molecule has 2 aromatic heterocycles. The third-order valence-corrected chi connectivity index (χ3v) is 7.56. The molecule has 0 saturated carbocycles. The topological polar surface area (TPSA) is 105 Å². The summed E-state index contributed by atoms with van der Waals surface area (Å²) in [6.07, 6.45) is 2.49. The Kier molecular flexibility index (Phi) is 8.83. The number of anilines is 1. The normalized spacial score (nSPS) is 15.8. The van der Waals surface area contributed by atoms with Crippen molar-refractivity contribution in [2.45, 2.75) is 79.6 Å². The molecule has 1 amide bonds. The van der Waals surface area contributed by atoms with Crippen molar-refractivity contribution in [3.05, 3.63) is 76.9 Å². The van der Waals surface area contributed by atoms with E-state index >= 15 is 0 Å². The maximum absolute atomic E-state index is 12.9. The minimum Gasteiger partial charge on any atom is -0.479 e. The van der Waals surface area contributed by atoms with Crippen LogP contribution in [0.1, 0.15) is 86.6 Å². The lowest BCUT2D eigenvalue weighted by atomic mass is 9.81. The number of nitrogens with one attached hydrogen (secondary N) is 1. The standard InChI is InChI=1S/C33H42N4O4/c1-21-26(23-11-13-24(14-12-23)30(38)35-20-25-10-8-9-17-34-25)28(37-18-15-33(6,7)16-19-37)27(22(2)36-21)29(31(39)40)41-32(3,4)5/h8-14,17,29H,15-16,18-20H2,1-7H3,(H,35,38)(H,39,40)/t29-/m0/s1. The fourth-order valence-corrected chi connectivity index (χ4v) is 5.32. The summed E-state index contributed by atoms with van der Waals surface area (Å²) in [6.45, 7) is 15.9. The second-order valence-corrected chi connectivity index (χ2v) is 12.6. The zero-order valence-corrected chi connectivity index (χ0v) is 25.2. The number of carboxylic acid groups (broad SMARTS) is 1. The second kappa shape index (κ2) is 12.0. The first-order chi connectivity index (χ1) is 19.3. The van der Waals surface area contributed by atoms with Gasteiger partial charge in [-0.1, -0.05) is 32.0 Å². The van der Waals surface area contributed by atoms with Crippen LogP contribution in [-0.4, -0.2) is 45.6 Å². The van der Waals surface area contributed by atoms with Gasteiger partial charge in [-0.25, -0.2) is 4.79 Å². The first-order valence-corrected chi connectivity index (χ1v) is 14.2. The number of nitrogens with zero attached hydrogens (tertiary/aromatic N) is 3. The summed E-state index contributed by atoms with van der Waals surface area (Å²) >= 11 is 0. The Balaban J connectivity index is 1.77. The van der Waals surface area contributed by atoms with Gasteiger partial charge in [0.2, 0.25) is 0 Å². The van der Waals surface area contributed by atoms with Crippen LogP contribution in [0.2, 0.25) is 0 Å². The Bertz CT molecular complexity index is 1390. The van der Waals surface area contributed by atoms with Crippen molar-refractivity contribution in [3.8, 4) is 11.1 Å². The number of carbonyl (C=O) groups is 2. The van der Waals surface area contributed by atoms with E-state index in [4.69, 9.17) is 9.72 Å². The van der Waals surface area contributed by atoms with Gasteiger partial charge in [-0.2, -0.15) is 0 Å². The first kappa shape index (κ1) is 30.2. The lowest BCUT2D eigenvalue weighted by Gasteiger charge is -2.41. The highest BCUT2D eigenvalue weighted by molar-refractivity contribution is 5.95. The molecule has 0 aliphatic carbocycles. The second-order valence-electron chi connectivity index (χ2n) is 12.6. The van der Waals surface area contributed by atoms with Crippen LogP contribution in [0.3, 0.4) is 0 Å². The Morgan fingerprint density at radius 3 is 2.27 bits per heavy atom. The number of carboxylic acids is 1. The highest BCUT2D eigenvalue weighted by atomic mass is 16.5. The SMILES string of the molecule is Cc1nc(C)c([C@H](OC(C)(C)C)C(=O)O)c(N2CCC(C)(C)CC2)c1-c1ccc(C(=O)NCc2ccccn2)cc1. The van der Waals surface area contributed by atoms with Crippen molar-refractivity contribution < 1.29 is 19.4 Å². The van der Waals surface area contributed by atoms with Gasteiger partial charge >= 0.3 is 5.97 Å². The van der Waals surface area contributed by atoms with Crippen molar-refractivity contribution in [3.63, 3.8) is 0 Å². The van der Waals surface area contributed by atoms with Gasteiger partial charge in [-0.3, -0.25) is 14.8 Å². The number of aromatic nitrogens is 2. The summed E-state index contributed by atoms with van der Waals surface area (Å²) < 4.78 is 6.16. The minimum absolute atomic E-state index is 0.190. The fourth-order valence-electron chi connectivity index (χ4n) is 5.32. The molecule has 3 aromatic rings. The average molecular weight is 559 g/mol. The predicted octanol–water partition coefficient (Wildman–Crippen LogP) is 6.26. The maximum atomic E-state index is 12.9. The smallest absolute Gasteiger partial charge is 0.337 e. The van der Waals surface area contributed by atoms with Crippen LogP contribution < -0.4 is 10.2 Å². The molecule has 1 aliphatic heterocycles. The molecular formula is C33H42N4O4. The first-order valence-electron chi connectivity index (χ1n) is 14.2. The van der Waals surface area contributed by atoms with E-state index in [9.17, 15) is 14.7 Å². The number of carbonyl (C=O) groups excluding carboxylic acids is 1. The van der Waals surface area contributed by atoms with E-state index < -0.39 is 17.7 Å². The molecule has 0 unspecified atom stereocenters. The van der Waals surface area contributed by atoms with Crippen LogP contribution in [0.5, 0.6) is 0 Å². The molecule has 1 aliphatic rings. The van der Waals surface area contributed by atoms with E-state index in [1.165, 1.54) is 0 Å². The summed E-state index contributed by atoms with van der Waals surface area (Å²) in [6, 6.07) is 13.0. The summed E-state index contributed by atoms with van der Waals surface area (Å²) in [5.74, 6) is -1.23. The quantitative estimate of drug-likeness (QED) is 0.336. The van der Waals surface area contributed by atoms with E-state index in [0.717, 1.165) is 54.1 Å². The number of benzene rings is 1. The van der Waals surface area contributed by atoms with Gasteiger partial charge in [-0.05, 0) is 82.7 Å². The zero-order valence-electron chi connectivity index (χ0n) is 25.2. The molecule has 2 N–H and O–H groups in total. The van der Waals surface area contributed by atoms with Crippen LogP contribution in [-0.2, 0) is 16.1 Å². The number of amides is 1. The molecule has 218 valence electrons. The summed E-state index contributed by atoms with van der Waals surface area (Å²) in [5, 5.41) is 13.3. The van der Waals surface area contributed by atoms with Gasteiger partial charge < -0.3 is 20.1 Å². The van der Waals surface area contributed by atoms with Gasteiger partial charge in [0.25, 0.3) is 5.91 Å². The largest absolute Gasteiger partial charge is 0.479 e. The van der Waals surface area contributed by atoms with Crippen molar-refractivity contribution >= 4 is 17.6 Å². The third kappa shape index (κ3) is 7.30. The van der Waals surface area contributed by atoms with E-state index in [0.29, 0.717) is 23.4 Å². The van der Waals surface area contributed by atoms with E-state index in [1.54, 1.807) is 18.3 Å². The van der Waals surface area contributed by atoms with Gasteiger partial charge in [0.05, 0.1) is 23.5 Å². The number of rotatable bonds is 8. The molecule has 1 saturated heterocycles. The molecular weight excluding hydrogens is 516 g/mol. The van der Waals surface area contributed by atoms with Gasteiger partial charge in [-0.15, -0.1) is 0 Å². The van der Waals surface area contributed by atoms with Crippen LogP contribution in [0, 0.1) is 19.3 Å². The lowest BCUT2D eigenvalue weighted by Crippen LogP contribution is -2.39. The van der Waals surface area contributed by atoms with Crippen LogP contribution >= 0.6 is 0 Å². The Labute approximate surface area is 243 Å². The number of ether oxygens (including phenoxy) is 1. The lowest BCUT2D eigenvalue weighted by molar-refractivity contribution is -0.160. The van der Waals surface area contributed by atoms with Crippen LogP contribution in [0.4, 0.5) is 5.69 Å². The molecule has 4 rings (SSSR count). The highest BCUT2D eigenvalue weighted by Crippen LogP contribution is 2.44. The van der Waals surface area contributed by atoms with Gasteiger partial charge in [0.15, 0.2) is 6.10 Å². The Morgan fingerprint density at radius 1 is 1.05 bits per heavy atom. The van der Waals surface area contributed by atoms with E-state index in [2.05, 4.69) is 29.0 Å². The number of piperidine rings is 1. The van der Waals surface area contributed by atoms with Crippen molar-refractivity contribution in [2.75, 3.05) is 18.0 Å². The molecule has 3 heterocycles. The third-order valence-electron chi connectivity index (χ3n) is 7.56. The van der Waals surface area contributed by atoms with E-state index in [-0.39, 0.29) is 11.3 Å². The molecule has 8 heteroatoms. The molecule has 8 nitrogen and oxygen atoms in total. The van der Waals surface area contributed by atoms with Crippen molar-refractivity contribution in [1.82, 2.24) is 15.3 Å². The number of hydrogen-bond donors (Lipinski definition) is 2. The average Bonchev–Trinajstić information content (AvgIpc) is 2.90. The summed E-state index contributed by atoms with van der Waals surface area (Å²) in [5.41, 5.74) is 5.49. The number of pyridine rings is 2. The molecule has 1 fully saturated rings. The predicted molar refractivity (Wildman–Crippen MR) is 161 cm³/mol. The molecule has 0 spiro atoms. The highest BCUT2D eigenvalue weighted by Gasteiger charge is 2.36. The maximum Gasteiger partial charge on any atom is 0.337 e. The molecule has 0 radical (unpaired) electrons. The zero-order chi connectivity index (χ0) is 29.9. The van der Waals surface area contributed by atoms with E-state index in [1.807, 2.05) is 65.0 Å². The van der Waals surface area contributed by atoms with Gasteiger partial charge in [0, 0.05) is 47.4 Å². The van der Waals surface area contributed by atoms with Crippen LogP contribution in [0.25, 0.3) is 11.1 Å². The fraction of sp³-hybridized carbons (Fsp3) is 0.455. The molecule has 41 heavy (non-hydrogen) atoms. The molecule has 1 atom stereocenters. The van der Waals surface area contributed by atoms with Crippen molar-refractivity contribution in [2.24, 2.45) is 5.41 Å². The minimum atomic E-state index is -1.18. The number of hydrogen-bond acceptors (Lipinski definition) is 6. The van der Waals surface area contributed by atoms with Crippen molar-refractivity contribution in [1.29, 1.82) is 0 Å². The monoisotopic (exact) mass is 558 g/mol. The number of aliphatic carboxylic acids is 1. The van der Waals surface area contributed by atoms with Gasteiger partial charge in [0.1, 0.15) is 0 Å². The Hall–Kier alpha value is -3.78. The number of aryl methyl sites for hydroxylation is 2.